The number of aryl methyl sites for hydroxylation is 1. The van der Waals surface area contributed by atoms with E-state index in [0.29, 0.717) is 23.7 Å². The van der Waals surface area contributed by atoms with Gasteiger partial charge in [0.05, 0.1) is 30.0 Å². The fourth-order valence-electron chi connectivity index (χ4n) is 3.03. The van der Waals surface area contributed by atoms with Crippen LogP contribution in [-0.2, 0) is 19.5 Å². The van der Waals surface area contributed by atoms with Gasteiger partial charge in [0, 0.05) is 17.8 Å². The Morgan fingerprint density at radius 3 is 3.00 bits per heavy atom. The Morgan fingerprint density at radius 2 is 2.22 bits per heavy atom. The van der Waals surface area contributed by atoms with Gasteiger partial charge in [-0.05, 0) is 18.6 Å². The van der Waals surface area contributed by atoms with Crippen LogP contribution in [0, 0.1) is 6.92 Å². The van der Waals surface area contributed by atoms with Crippen molar-refractivity contribution in [1.29, 1.82) is 0 Å². The molecule has 0 aromatic carbocycles. The summed E-state index contributed by atoms with van der Waals surface area (Å²) < 4.78 is 0. The molecule has 0 saturated heterocycles. The number of pyridine rings is 1. The number of fused-ring (bicyclic) bond motifs is 2. The van der Waals surface area contributed by atoms with Gasteiger partial charge in [0.1, 0.15) is 5.82 Å². The van der Waals surface area contributed by atoms with Crippen molar-refractivity contribution < 1.29 is 9.59 Å². The van der Waals surface area contributed by atoms with E-state index in [1.807, 2.05) is 13.0 Å². The van der Waals surface area contributed by atoms with Gasteiger partial charge in [-0.3, -0.25) is 9.59 Å². The van der Waals surface area contributed by atoms with Crippen LogP contribution in [0.15, 0.2) is 6.07 Å². The van der Waals surface area contributed by atoms with Gasteiger partial charge in [-0.15, -0.1) is 11.3 Å². The number of aromatic nitrogens is 2. The maximum absolute atomic E-state index is 11.7. The molecule has 2 aromatic rings. The predicted molar refractivity (Wildman–Crippen MR) is 85.5 cm³/mol. The Labute approximate surface area is 136 Å². The lowest BCUT2D eigenvalue weighted by Crippen LogP contribution is -2.31. The number of primary amides is 1. The molecule has 4 rings (SSSR count). The van der Waals surface area contributed by atoms with Crippen LogP contribution in [0.2, 0.25) is 0 Å². The molecule has 0 atom stereocenters. The summed E-state index contributed by atoms with van der Waals surface area (Å²) in [4.78, 5) is 35.2. The molecule has 7 nitrogen and oxygen atoms in total. The molecule has 0 bridgehead atoms. The molecule has 2 aromatic heterocycles. The molecule has 2 aliphatic rings. The summed E-state index contributed by atoms with van der Waals surface area (Å²) in [6, 6.07) is 1.90. The van der Waals surface area contributed by atoms with Gasteiger partial charge in [0.25, 0.3) is 11.8 Å². The van der Waals surface area contributed by atoms with Gasteiger partial charge in [-0.25, -0.2) is 9.97 Å². The van der Waals surface area contributed by atoms with Crippen molar-refractivity contribution in [1.82, 2.24) is 15.3 Å². The number of rotatable bonds is 2. The van der Waals surface area contributed by atoms with Crippen molar-refractivity contribution in [2.75, 3.05) is 11.4 Å². The molecular weight excluding hydrogens is 314 g/mol. The van der Waals surface area contributed by atoms with Crippen LogP contribution in [-0.4, -0.2) is 28.3 Å². The number of nitrogens with two attached hydrogens (primary N) is 1. The number of hydrogen-bond donors (Lipinski definition) is 2. The predicted octanol–water partition coefficient (Wildman–Crippen LogP) is 0.752. The van der Waals surface area contributed by atoms with Crippen LogP contribution in [0.25, 0.3) is 0 Å². The number of nitrogens with one attached hydrogen (secondary N) is 1. The van der Waals surface area contributed by atoms with Crippen molar-refractivity contribution in [2.45, 2.75) is 26.4 Å². The SMILES string of the molecule is Cc1cc2c(nc1N1CCc3nc(C(N)=O)sc3C1)CNC2=O. The Morgan fingerprint density at radius 1 is 1.39 bits per heavy atom. The van der Waals surface area contributed by atoms with E-state index in [0.717, 1.165) is 40.6 Å². The van der Waals surface area contributed by atoms with Crippen LogP contribution >= 0.6 is 11.3 Å². The van der Waals surface area contributed by atoms with Gasteiger partial charge in [-0.2, -0.15) is 0 Å². The van der Waals surface area contributed by atoms with E-state index in [4.69, 9.17) is 5.73 Å². The molecule has 2 aliphatic heterocycles. The number of carbonyl (C=O) groups excluding carboxylic acids is 2. The van der Waals surface area contributed by atoms with E-state index >= 15 is 0 Å². The third kappa shape index (κ3) is 2.26. The van der Waals surface area contributed by atoms with Crippen molar-refractivity contribution in [3.8, 4) is 0 Å². The first-order valence-corrected chi connectivity index (χ1v) is 8.16. The minimum atomic E-state index is -0.479. The van der Waals surface area contributed by atoms with Gasteiger partial charge < -0.3 is 16.0 Å². The Bertz CT molecular complexity index is 845. The zero-order chi connectivity index (χ0) is 16.1. The molecule has 0 unspecified atom stereocenters. The maximum atomic E-state index is 11.7. The average molecular weight is 329 g/mol. The minimum Gasteiger partial charge on any atom is -0.364 e. The Hall–Kier alpha value is -2.48. The van der Waals surface area contributed by atoms with Gasteiger partial charge in [0.15, 0.2) is 5.01 Å². The zero-order valence-electron chi connectivity index (χ0n) is 12.5. The van der Waals surface area contributed by atoms with Gasteiger partial charge in [-0.1, -0.05) is 0 Å². The molecule has 2 amide bonds. The molecule has 0 spiro atoms. The van der Waals surface area contributed by atoms with Crippen molar-refractivity contribution in [2.24, 2.45) is 5.73 Å². The van der Waals surface area contributed by atoms with Crippen molar-refractivity contribution in [3.63, 3.8) is 0 Å². The van der Waals surface area contributed by atoms with Crippen LogP contribution in [0.3, 0.4) is 0 Å². The summed E-state index contributed by atoms with van der Waals surface area (Å²) >= 11 is 1.35. The third-order valence-corrected chi connectivity index (χ3v) is 5.26. The number of anilines is 1. The molecule has 0 saturated carbocycles. The van der Waals surface area contributed by atoms with E-state index < -0.39 is 5.91 Å². The fraction of sp³-hybridized carbons (Fsp3) is 0.333. The Kier molecular flexibility index (Phi) is 3.08. The summed E-state index contributed by atoms with van der Waals surface area (Å²) in [6.07, 6.45) is 0.758. The van der Waals surface area contributed by atoms with Gasteiger partial charge in [0.2, 0.25) is 0 Å². The lowest BCUT2D eigenvalue weighted by molar-refractivity contribution is 0.0964. The van der Waals surface area contributed by atoms with E-state index in [9.17, 15) is 9.59 Å². The van der Waals surface area contributed by atoms with Crippen LogP contribution in [0.1, 0.15) is 42.0 Å². The molecule has 118 valence electrons. The first-order valence-electron chi connectivity index (χ1n) is 7.35. The number of thiazole rings is 1. The average Bonchev–Trinajstić information content (AvgIpc) is 3.10. The Balaban J connectivity index is 1.67. The van der Waals surface area contributed by atoms with Gasteiger partial charge >= 0.3 is 0 Å². The van der Waals surface area contributed by atoms with E-state index in [2.05, 4.69) is 20.2 Å². The molecule has 23 heavy (non-hydrogen) atoms. The number of nitrogens with zero attached hydrogens (tertiary/aromatic N) is 3. The van der Waals surface area contributed by atoms with E-state index in [1.165, 1.54) is 11.3 Å². The zero-order valence-corrected chi connectivity index (χ0v) is 13.4. The molecule has 0 radical (unpaired) electrons. The molecule has 8 heteroatoms. The maximum Gasteiger partial charge on any atom is 0.277 e. The molecular formula is C15H15N5O2S. The van der Waals surface area contributed by atoms with Crippen LogP contribution in [0.4, 0.5) is 5.82 Å². The number of carbonyl (C=O) groups is 2. The highest BCUT2D eigenvalue weighted by Crippen LogP contribution is 2.30. The highest BCUT2D eigenvalue weighted by Gasteiger charge is 2.27. The quantitative estimate of drug-likeness (QED) is 0.847. The highest BCUT2D eigenvalue weighted by molar-refractivity contribution is 7.13. The lowest BCUT2D eigenvalue weighted by Gasteiger charge is -2.28. The monoisotopic (exact) mass is 329 g/mol. The standard InChI is InChI=1S/C15H15N5O2S/c1-7-4-8-10(5-17-14(8)22)18-13(7)20-3-2-9-11(6-20)23-15(19-9)12(16)21/h4H,2-3,5-6H2,1H3,(H2,16,21)(H,17,22). The molecule has 3 N–H and O–H groups in total. The summed E-state index contributed by atoms with van der Waals surface area (Å²) in [5, 5.41) is 3.16. The summed E-state index contributed by atoms with van der Waals surface area (Å²) in [5.74, 6) is 0.351. The first kappa shape index (κ1) is 14.1. The van der Waals surface area contributed by atoms with Crippen LogP contribution in [0.5, 0.6) is 0 Å². The molecule has 4 heterocycles. The second-order valence-corrected chi connectivity index (χ2v) is 6.81. The topological polar surface area (TPSA) is 101 Å². The van der Waals surface area contributed by atoms with E-state index in [1.54, 1.807) is 0 Å². The third-order valence-electron chi connectivity index (χ3n) is 4.17. The lowest BCUT2D eigenvalue weighted by atomic mass is 10.1. The second kappa shape index (κ2) is 5.02. The van der Waals surface area contributed by atoms with Crippen LogP contribution < -0.4 is 16.0 Å². The number of hydrogen-bond acceptors (Lipinski definition) is 6. The fourth-order valence-corrected chi connectivity index (χ4v) is 4.01. The van der Waals surface area contributed by atoms with Crippen molar-refractivity contribution in [3.05, 3.63) is 38.5 Å². The molecule has 0 fully saturated rings. The summed E-state index contributed by atoms with van der Waals surface area (Å²) in [7, 11) is 0. The van der Waals surface area contributed by atoms with Crippen molar-refractivity contribution >= 4 is 29.0 Å². The van der Waals surface area contributed by atoms with E-state index in [-0.39, 0.29) is 5.91 Å². The smallest absolute Gasteiger partial charge is 0.277 e. The normalized spacial score (nSPS) is 16.0. The largest absolute Gasteiger partial charge is 0.364 e. The first-order chi connectivity index (χ1) is 11.0. The summed E-state index contributed by atoms with van der Waals surface area (Å²) in [6.45, 7) is 3.88. The number of amides is 2. The molecule has 0 aliphatic carbocycles. The second-order valence-electron chi connectivity index (χ2n) is 5.73. The highest BCUT2D eigenvalue weighted by atomic mass is 32.1. The summed E-state index contributed by atoms with van der Waals surface area (Å²) in [5.41, 5.74) is 8.70. The minimum absolute atomic E-state index is 0.0587.